The Labute approximate surface area is 297 Å². The van der Waals surface area contributed by atoms with Gasteiger partial charge in [-0.05, 0) is 69.7 Å². The van der Waals surface area contributed by atoms with E-state index in [2.05, 4.69) is 51.3 Å². The molecule has 3 N–H and O–H groups in total. The van der Waals surface area contributed by atoms with Crippen molar-refractivity contribution in [1.82, 2.24) is 30.2 Å². The van der Waals surface area contributed by atoms with E-state index < -0.39 is 16.6 Å². The van der Waals surface area contributed by atoms with Crippen LogP contribution in [0, 0.1) is 23.7 Å². The number of aromatic nitrogens is 2. The number of carbonyl (C=O) groups is 2. The van der Waals surface area contributed by atoms with Crippen LogP contribution in [-0.2, 0) is 15.8 Å². The van der Waals surface area contributed by atoms with Gasteiger partial charge in [0.25, 0.3) is 5.91 Å². The van der Waals surface area contributed by atoms with Crippen LogP contribution in [0.5, 0.6) is 11.5 Å². The molecule has 268 valence electrons. The van der Waals surface area contributed by atoms with Crippen molar-refractivity contribution in [3.05, 3.63) is 42.4 Å². The van der Waals surface area contributed by atoms with E-state index in [0.717, 1.165) is 57.3 Å². The summed E-state index contributed by atoms with van der Waals surface area (Å²) >= 11 is 0. The highest BCUT2D eigenvalue weighted by atomic mass is 32.2. The van der Waals surface area contributed by atoms with E-state index in [0.29, 0.717) is 55.3 Å². The summed E-state index contributed by atoms with van der Waals surface area (Å²) in [6.45, 7) is 5.80. The molecule has 1 aromatic carbocycles. The first-order chi connectivity index (χ1) is 24.3. The van der Waals surface area contributed by atoms with Crippen molar-refractivity contribution in [3.8, 4) is 23.8 Å². The summed E-state index contributed by atoms with van der Waals surface area (Å²) in [5, 5.41) is 13.8. The van der Waals surface area contributed by atoms with Crippen molar-refractivity contribution < 1.29 is 18.5 Å². The maximum absolute atomic E-state index is 13.2. The van der Waals surface area contributed by atoms with E-state index >= 15 is 0 Å². The number of hydrogen-bond acceptors (Lipinski definition) is 10. The van der Waals surface area contributed by atoms with E-state index in [-0.39, 0.29) is 23.8 Å². The number of nitrogens with one attached hydrogen (secondary N) is 3. The zero-order valence-electron chi connectivity index (χ0n) is 28.9. The minimum atomic E-state index is -0.935. The summed E-state index contributed by atoms with van der Waals surface area (Å²) in [6, 6.07) is 7.49. The van der Waals surface area contributed by atoms with E-state index in [1.54, 1.807) is 30.7 Å². The highest BCUT2D eigenvalue weighted by Crippen LogP contribution is 2.45. The van der Waals surface area contributed by atoms with Crippen molar-refractivity contribution in [1.29, 1.82) is 0 Å². The molecule has 14 heteroatoms. The standard InChI is InChI=1S/C36H49N9O4S/c1-3-4-14-36(42-43-36)15-13-32(46)38-18-19-39-34(47)29-7-5-6-8-30(29)49-31-22-37-26-40-33(31)45-24-35(25-45)16-20-44(21-17-35)23-27-9-11-28(12-10-27)41-50(2)48/h1,5-8,22,26-28,41H,4,9-21,23-25H2,2H3,(H,38,46)(H,39,47). The van der Waals surface area contributed by atoms with Crippen LogP contribution in [0.15, 0.2) is 47.0 Å². The summed E-state index contributed by atoms with van der Waals surface area (Å²) in [5.41, 5.74) is 0.182. The number of benzene rings is 1. The number of anilines is 1. The second-order valence-electron chi connectivity index (χ2n) is 14.2. The van der Waals surface area contributed by atoms with Gasteiger partial charge < -0.3 is 25.2 Å². The minimum Gasteiger partial charge on any atom is -0.451 e. The van der Waals surface area contributed by atoms with Crippen molar-refractivity contribution in [2.24, 2.45) is 21.6 Å². The van der Waals surface area contributed by atoms with E-state index in [1.807, 2.05) is 6.07 Å². The lowest BCUT2D eigenvalue weighted by molar-refractivity contribution is -0.121. The fraction of sp³-hybridized carbons (Fsp3) is 0.611. The molecule has 2 saturated heterocycles. The molecule has 50 heavy (non-hydrogen) atoms. The van der Waals surface area contributed by atoms with Crippen LogP contribution in [0.4, 0.5) is 5.82 Å². The largest absolute Gasteiger partial charge is 0.451 e. The molecule has 1 aliphatic carbocycles. The Bertz CT molecular complexity index is 1580. The van der Waals surface area contributed by atoms with Gasteiger partial charge in [-0.25, -0.2) is 18.9 Å². The van der Waals surface area contributed by atoms with Gasteiger partial charge in [0, 0.05) is 76.1 Å². The Morgan fingerprint density at radius 1 is 1.04 bits per heavy atom. The molecule has 6 rings (SSSR count). The topological polar surface area (TPSA) is 154 Å². The lowest BCUT2D eigenvalue weighted by Gasteiger charge is -2.54. The Morgan fingerprint density at radius 2 is 1.78 bits per heavy atom. The molecule has 1 aromatic heterocycles. The number of amides is 2. The number of hydrogen-bond donors (Lipinski definition) is 3. The molecule has 0 bridgehead atoms. The number of rotatable bonds is 16. The van der Waals surface area contributed by atoms with Gasteiger partial charge in [0.1, 0.15) is 12.1 Å². The molecule has 1 spiro atoms. The van der Waals surface area contributed by atoms with Gasteiger partial charge in [0.15, 0.2) is 17.2 Å². The number of terminal acetylenes is 1. The summed E-state index contributed by atoms with van der Waals surface area (Å²) in [4.78, 5) is 39.2. The van der Waals surface area contributed by atoms with Gasteiger partial charge in [0.2, 0.25) is 5.91 Å². The number of nitrogens with zero attached hydrogens (tertiary/aromatic N) is 6. The molecule has 1 atom stereocenters. The summed E-state index contributed by atoms with van der Waals surface area (Å²) in [5.74, 6) is 4.56. The quantitative estimate of drug-likeness (QED) is 0.176. The monoisotopic (exact) mass is 703 g/mol. The molecular weight excluding hydrogens is 655 g/mol. The normalized spacial score (nSPS) is 22.6. The molecule has 2 aromatic rings. The van der Waals surface area contributed by atoms with Gasteiger partial charge in [0.05, 0.1) is 22.7 Å². The SMILES string of the molecule is C#CCCC1(CCC(=O)NCCNC(=O)c2ccccc2Oc2cncnc2N2CC3(CCN(CC4CCC(NS(C)=O)CC4)CC3)C2)N=N1. The van der Waals surface area contributed by atoms with Crippen LogP contribution < -0.4 is 25.0 Å². The maximum atomic E-state index is 13.2. The third-order valence-electron chi connectivity index (χ3n) is 10.5. The first-order valence-electron chi connectivity index (χ1n) is 17.8. The molecule has 13 nitrogen and oxygen atoms in total. The number of piperidine rings is 1. The highest BCUT2D eigenvalue weighted by Gasteiger charge is 2.46. The first-order valence-corrected chi connectivity index (χ1v) is 19.4. The van der Waals surface area contributed by atoms with Gasteiger partial charge in [-0.2, -0.15) is 10.2 Å². The molecule has 2 amide bonds. The molecule has 3 aliphatic heterocycles. The Hall–Kier alpha value is -3.93. The predicted molar refractivity (Wildman–Crippen MR) is 192 cm³/mol. The van der Waals surface area contributed by atoms with Gasteiger partial charge >= 0.3 is 0 Å². The Morgan fingerprint density at radius 3 is 2.50 bits per heavy atom. The summed E-state index contributed by atoms with van der Waals surface area (Å²) in [7, 11) is -0.935. The van der Waals surface area contributed by atoms with Crippen LogP contribution in [0.2, 0.25) is 0 Å². The molecule has 1 saturated carbocycles. The Balaban J connectivity index is 0.942. The fourth-order valence-electron chi connectivity index (χ4n) is 7.53. The van der Waals surface area contributed by atoms with Crippen molar-refractivity contribution in [3.63, 3.8) is 0 Å². The zero-order chi connectivity index (χ0) is 35.0. The van der Waals surface area contributed by atoms with Crippen LogP contribution in [0.3, 0.4) is 0 Å². The van der Waals surface area contributed by atoms with E-state index in [9.17, 15) is 13.8 Å². The smallest absolute Gasteiger partial charge is 0.255 e. The van der Waals surface area contributed by atoms with Crippen molar-refractivity contribution in [2.75, 3.05) is 57.0 Å². The van der Waals surface area contributed by atoms with Gasteiger partial charge in [-0.3, -0.25) is 9.59 Å². The lowest BCUT2D eigenvalue weighted by Crippen LogP contribution is -2.61. The van der Waals surface area contributed by atoms with Crippen LogP contribution >= 0.6 is 0 Å². The van der Waals surface area contributed by atoms with Crippen molar-refractivity contribution >= 4 is 28.6 Å². The highest BCUT2D eigenvalue weighted by molar-refractivity contribution is 7.82. The van der Waals surface area contributed by atoms with E-state index in [1.165, 1.54) is 32.0 Å². The molecule has 4 heterocycles. The molecule has 0 radical (unpaired) electrons. The molecule has 1 unspecified atom stereocenters. The minimum absolute atomic E-state index is 0.116. The zero-order valence-corrected chi connectivity index (χ0v) is 29.8. The average molecular weight is 704 g/mol. The van der Waals surface area contributed by atoms with E-state index in [4.69, 9.17) is 11.2 Å². The molecular formula is C36H49N9O4S. The third-order valence-corrected chi connectivity index (χ3v) is 11.2. The third kappa shape index (κ3) is 9.44. The van der Waals surface area contributed by atoms with Crippen LogP contribution in [-0.4, -0.2) is 94.7 Å². The summed E-state index contributed by atoms with van der Waals surface area (Å²) in [6.07, 6.45) is 19.3. The maximum Gasteiger partial charge on any atom is 0.255 e. The molecule has 3 fully saturated rings. The number of para-hydroxylation sites is 1. The predicted octanol–water partition coefficient (Wildman–Crippen LogP) is 3.81. The van der Waals surface area contributed by atoms with Gasteiger partial charge in [-0.15, -0.1) is 12.3 Å². The summed E-state index contributed by atoms with van der Waals surface area (Å²) < 4.78 is 21.0. The first kappa shape index (κ1) is 35.9. The van der Waals surface area contributed by atoms with Crippen LogP contribution in [0.25, 0.3) is 0 Å². The lowest BCUT2D eigenvalue weighted by atomic mass is 9.71. The van der Waals surface area contributed by atoms with Gasteiger partial charge in [-0.1, -0.05) is 12.1 Å². The molecule has 4 aliphatic rings. The second-order valence-corrected chi connectivity index (χ2v) is 15.4. The number of likely N-dealkylation sites (tertiary alicyclic amines) is 1. The second kappa shape index (κ2) is 16.4. The number of ether oxygens (including phenoxy) is 1. The Kier molecular flexibility index (Phi) is 11.8. The van der Waals surface area contributed by atoms with Crippen LogP contribution in [0.1, 0.15) is 74.6 Å². The van der Waals surface area contributed by atoms with Crippen molar-refractivity contribution in [2.45, 2.75) is 75.9 Å². The average Bonchev–Trinajstić information content (AvgIpc) is 3.89. The fourth-order valence-corrected chi connectivity index (χ4v) is 8.23. The number of carbonyl (C=O) groups excluding carboxylic acids is 2.